The van der Waals surface area contributed by atoms with Crippen molar-refractivity contribution >= 4 is 38.8 Å². The summed E-state index contributed by atoms with van der Waals surface area (Å²) in [6.07, 6.45) is 2.70. The quantitative estimate of drug-likeness (QED) is 0.866. The Morgan fingerprint density at radius 1 is 1.41 bits per heavy atom. The molecule has 2 heterocycles. The number of rotatable bonds is 3. The Morgan fingerprint density at radius 3 is 2.91 bits per heavy atom. The second-order valence-electron chi connectivity index (χ2n) is 4.86. The SMILES string of the molecule is CS(=O)(=O)N1CCc2cccc(Nc3nc(Cl)ncc3F)c21. The first kappa shape index (κ1) is 15.0. The fourth-order valence-corrected chi connectivity index (χ4v) is 3.52. The highest BCUT2D eigenvalue weighted by Crippen LogP contribution is 2.38. The van der Waals surface area contributed by atoms with E-state index < -0.39 is 15.8 Å². The highest BCUT2D eigenvalue weighted by Gasteiger charge is 2.29. The van der Waals surface area contributed by atoms with E-state index in [-0.39, 0.29) is 11.1 Å². The van der Waals surface area contributed by atoms with Crippen LogP contribution in [0, 0.1) is 5.82 Å². The number of sulfonamides is 1. The number of para-hydroxylation sites is 1. The minimum absolute atomic E-state index is 0.101. The third-order valence-corrected chi connectivity index (χ3v) is 4.67. The molecule has 0 unspecified atom stereocenters. The van der Waals surface area contributed by atoms with Crippen LogP contribution in [-0.4, -0.2) is 31.2 Å². The van der Waals surface area contributed by atoms with Crippen LogP contribution in [0.15, 0.2) is 24.4 Å². The highest BCUT2D eigenvalue weighted by molar-refractivity contribution is 7.92. The fraction of sp³-hybridized carbons (Fsp3) is 0.231. The third-order valence-electron chi connectivity index (χ3n) is 3.32. The van der Waals surface area contributed by atoms with Gasteiger partial charge in [-0.2, -0.15) is 4.98 Å². The maximum Gasteiger partial charge on any atom is 0.232 e. The molecule has 2 aromatic rings. The summed E-state index contributed by atoms with van der Waals surface area (Å²) in [6, 6.07) is 5.28. The average Bonchev–Trinajstić information content (AvgIpc) is 2.88. The molecular formula is C13H12ClFN4O2S. The van der Waals surface area contributed by atoms with Gasteiger partial charge in [0.25, 0.3) is 0 Å². The topological polar surface area (TPSA) is 75.2 Å². The largest absolute Gasteiger partial charge is 0.336 e. The van der Waals surface area contributed by atoms with Gasteiger partial charge in [-0.15, -0.1) is 0 Å². The maximum absolute atomic E-state index is 13.8. The number of anilines is 3. The summed E-state index contributed by atoms with van der Waals surface area (Å²) >= 11 is 5.67. The molecule has 0 amide bonds. The van der Waals surface area contributed by atoms with Gasteiger partial charge in [0.15, 0.2) is 11.6 Å². The van der Waals surface area contributed by atoms with E-state index in [0.29, 0.717) is 24.3 Å². The van der Waals surface area contributed by atoms with E-state index in [1.165, 1.54) is 4.31 Å². The number of hydrogen-bond donors (Lipinski definition) is 1. The smallest absolute Gasteiger partial charge is 0.232 e. The van der Waals surface area contributed by atoms with Crippen molar-refractivity contribution in [1.82, 2.24) is 9.97 Å². The molecule has 1 aromatic heterocycles. The lowest BCUT2D eigenvalue weighted by molar-refractivity contribution is 0.598. The lowest BCUT2D eigenvalue weighted by Crippen LogP contribution is -2.28. The number of nitrogens with one attached hydrogen (secondary N) is 1. The molecule has 0 saturated heterocycles. The molecule has 6 nitrogen and oxygen atoms in total. The molecule has 0 aliphatic carbocycles. The second-order valence-corrected chi connectivity index (χ2v) is 7.10. The molecule has 1 aliphatic heterocycles. The first-order valence-corrected chi connectivity index (χ1v) is 8.63. The van der Waals surface area contributed by atoms with E-state index >= 15 is 0 Å². The van der Waals surface area contributed by atoms with Crippen LogP contribution in [0.3, 0.4) is 0 Å². The maximum atomic E-state index is 13.8. The van der Waals surface area contributed by atoms with Crippen LogP contribution in [0.1, 0.15) is 5.56 Å². The first-order valence-electron chi connectivity index (χ1n) is 6.41. The number of benzene rings is 1. The molecule has 0 bridgehead atoms. The molecule has 0 fully saturated rings. The molecule has 0 saturated carbocycles. The summed E-state index contributed by atoms with van der Waals surface area (Å²) in [6.45, 7) is 0.361. The van der Waals surface area contributed by atoms with Crippen molar-refractivity contribution < 1.29 is 12.8 Å². The van der Waals surface area contributed by atoms with Crippen LogP contribution in [0.25, 0.3) is 0 Å². The predicted octanol–water partition coefficient (Wildman–Crippen LogP) is 2.33. The number of nitrogens with zero attached hydrogens (tertiary/aromatic N) is 3. The van der Waals surface area contributed by atoms with Gasteiger partial charge in [0.1, 0.15) is 0 Å². The summed E-state index contributed by atoms with van der Waals surface area (Å²) < 4.78 is 38.9. The number of fused-ring (bicyclic) bond motifs is 1. The van der Waals surface area contributed by atoms with E-state index in [9.17, 15) is 12.8 Å². The van der Waals surface area contributed by atoms with E-state index in [0.717, 1.165) is 18.0 Å². The Labute approximate surface area is 132 Å². The summed E-state index contributed by atoms with van der Waals surface area (Å²) in [7, 11) is -3.41. The molecule has 3 rings (SSSR count). The minimum Gasteiger partial charge on any atom is -0.336 e. The van der Waals surface area contributed by atoms with E-state index in [1.807, 2.05) is 6.07 Å². The Kier molecular flexibility index (Phi) is 3.65. The van der Waals surface area contributed by atoms with Crippen molar-refractivity contribution in [3.05, 3.63) is 41.1 Å². The molecule has 1 aromatic carbocycles. The van der Waals surface area contributed by atoms with Gasteiger partial charge in [-0.3, -0.25) is 4.31 Å². The number of hydrogen-bond acceptors (Lipinski definition) is 5. The van der Waals surface area contributed by atoms with Gasteiger partial charge < -0.3 is 5.32 Å². The van der Waals surface area contributed by atoms with Crippen LogP contribution in [0.2, 0.25) is 5.28 Å². The van der Waals surface area contributed by atoms with Crippen molar-refractivity contribution in [2.75, 3.05) is 22.4 Å². The van der Waals surface area contributed by atoms with E-state index in [1.54, 1.807) is 12.1 Å². The Hall–Kier alpha value is -1.93. The molecular weight excluding hydrogens is 331 g/mol. The molecule has 0 radical (unpaired) electrons. The normalized spacial score (nSPS) is 14.0. The zero-order valence-electron chi connectivity index (χ0n) is 11.5. The molecule has 22 heavy (non-hydrogen) atoms. The third kappa shape index (κ3) is 2.71. The van der Waals surface area contributed by atoms with Gasteiger partial charge in [-0.05, 0) is 29.7 Å². The van der Waals surface area contributed by atoms with Crippen LogP contribution in [0.4, 0.5) is 21.6 Å². The van der Waals surface area contributed by atoms with Crippen LogP contribution in [-0.2, 0) is 16.4 Å². The molecule has 9 heteroatoms. The first-order chi connectivity index (χ1) is 10.4. The zero-order valence-corrected chi connectivity index (χ0v) is 13.1. The van der Waals surface area contributed by atoms with Crippen LogP contribution >= 0.6 is 11.6 Å². The van der Waals surface area contributed by atoms with Crippen molar-refractivity contribution in [2.24, 2.45) is 0 Å². The van der Waals surface area contributed by atoms with Crippen molar-refractivity contribution in [1.29, 1.82) is 0 Å². The summed E-state index contributed by atoms with van der Waals surface area (Å²) in [4.78, 5) is 7.32. The predicted molar refractivity (Wildman–Crippen MR) is 82.6 cm³/mol. The Balaban J connectivity index is 2.07. The molecule has 1 aliphatic rings. The molecule has 0 atom stereocenters. The summed E-state index contributed by atoms with van der Waals surface area (Å²) in [5.74, 6) is -0.778. The van der Waals surface area contributed by atoms with Gasteiger partial charge in [-0.25, -0.2) is 17.8 Å². The summed E-state index contributed by atoms with van der Waals surface area (Å²) in [5, 5.41) is 2.70. The van der Waals surface area contributed by atoms with Gasteiger partial charge in [-0.1, -0.05) is 12.1 Å². The molecule has 1 N–H and O–H groups in total. The molecule has 116 valence electrons. The van der Waals surface area contributed by atoms with Gasteiger partial charge in [0.05, 0.1) is 23.8 Å². The molecule has 0 spiro atoms. The fourth-order valence-electron chi connectivity index (χ4n) is 2.41. The lowest BCUT2D eigenvalue weighted by Gasteiger charge is -2.20. The monoisotopic (exact) mass is 342 g/mol. The standard InChI is InChI=1S/C13H12ClFN4O2S/c1-22(20,21)19-6-5-8-3-2-4-10(11(8)19)17-12-9(15)7-16-13(14)18-12/h2-4,7H,5-6H2,1H3,(H,16,17,18). The number of aromatic nitrogens is 2. The Morgan fingerprint density at radius 2 is 2.18 bits per heavy atom. The van der Waals surface area contributed by atoms with Crippen LogP contribution < -0.4 is 9.62 Å². The van der Waals surface area contributed by atoms with Crippen molar-refractivity contribution in [3.63, 3.8) is 0 Å². The van der Waals surface area contributed by atoms with Crippen LogP contribution in [0.5, 0.6) is 0 Å². The number of halogens is 2. The van der Waals surface area contributed by atoms with Crippen molar-refractivity contribution in [2.45, 2.75) is 6.42 Å². The van der Waals surface area contributed by atoms with Gasteiger partial charge in [0, 0.05) is 6.54 Å². The van der Waals surface area contributed by atoms with Gasteiger partial charge in [0.2, 0.25) is 15.3 Å². The Bertz CT molecular complexity index is 844. The van der Waals surface area contributed by atoms with E-state index in [4.69, 9.17) is 11.6 Å². The average molecular weight is 343 g/mol. The van der Waals surface area contributed by atoms with Crippen molar-refractivity contribution in [3.8, 4) is 0 Å². The van der Waals surface area contributed by atoms with E-state index in [2.05, 4.69) is 15.3 Å². The highest BCUT2D eigenvalue weighted by atomic mass is 35.5. The minimum atomic E-state index is -3.41. The summed E-state index contributed by atoms with van der Waals surface area (Å²) in [5.41, 5.74) is 1.84. The second kappa shape index (κ2) is 5.36. The van der Waals surface area contributed by atoms with Gasteiger partial charge >= 0.3 is 0 Å². The lowest BCUT2D eigenvalue weighted by atomic mass is 10.1. The zero-order chi connectivity index (χ0) is 15.9.